The van der Waals surface area contributed by atoms with E-state index in [1.165, 1.54) is 0 Å². The third-order valence-electron chi connectivity index (χ3n) is 0.149. The fourth-order valence-corrected chi connectivity index (χ4v) is 0.273. The maximum absolute atomic E-state index is 5.97. The molecule has 0 aliphatic heterocycles. The van der Waals surface area contributed by atoms with Gasteiger partial charge in [0.15, 0.2) is 0 Å². The van der Waals surface area contributed by atoms with Crippen LogP contribution in [-0.2, 0) is 19.4 Å². The predicted octanol–water partition coefficient (Wildman–Crippen LogP) is 1.74. The van der Waals surface area contributed by atoms with E-state index in [0.717, 1.165) is 9.21 Å². The van der Waals surface area contributed by atoms with Crippen LogP contribution in [0.2, 0.25) is 0 Å². The van der Waals surface area contributed by atoms with Crippen LogP contribution in [0.25, 0.3) is 0 Å². The van der Waals surface area contributed by atoms with E-state index in [1.807, 2.05) is 0 Å². The van der Waals surface area contributed by atoms with Gasteiger partial charge in [-0.1, -0.05) is 0 Å². The number of nitrogens with zero attached hydrogens (tertiary/aromatic N) is 1. The van der Waals surface area contributed by atoms with Crippen molar-refractivity contribution in [1.82, 2.24) is 0 Å². The molecule has 48 valence electrons. The number of nitrogens with one attached hydrogen (secondary N) is 1. The Bertz CT molecular complexity index is 60.0. The molecule has 8 heavy (non-hydrogen) atoms. The van der Waals surface area contributed by atoms with Gasteiger partial charge in [-0.2, -0.15) is 10.5 Å². The highest BCUT2D eigenvalue weighted by Gasteiger charge is 1.84. The van der Waals surface area contributed by atoms with Gasteiger partial charge in [-0.25, -0.2) is 0 Å². The molecule has 1 N–H and O–H groups in total. The van der Waals surface area contributed by atoms with Gasteiger partial charge in [-0.15, -0.1) is 4.33 Å². The SMILES string of the molecule is N=NOOOOSI. The van der Waals surface area contributed by atoms with E-state index in [-0.39, 0.29) is 0 Å². The molecule has 0 aliphatic rings. The Balaban J connectivity index is 2.62. The molecule has 0 saturated carbocycles. The first-order valence-corrected chi connectivity index (χ1v) is 4.51. The van der Waals surface area contributed by atoms with Gasteiger partial charge in [0.25, 0.3) is 0 Å². The Morgan fingerprint density at radius 3 is 2.75 bits per heavy atom. The smallest absolute Gasteiger partial charge is 0.108 e. The van der Waals surface area contributed by atoms with Gasteiger partial charge in [0.05, 0.1) is 5.28 Å². The first kappa shape index (κ1) is 8.36. The Labute approximate surface area is 60.8 Å². The summed E-state index contributed by atoms with van der Waals surface area (Å²) in [5.74, 6) is 0. The maximum atomic E-state index is 5.97. The van der Waals surface area contributed by atoms with Gasteiger partial charge >= 0.3 is 0 Å². The lowest BCUT2D eigenvalue weighted by Crippen LogP contribution is -1.85. The summed E-state index contributed by atoms with van der Waals surface area (Å²) in [7, 11) is 0.892. The van der Waals surface area contributed by atoms with Crippen LogP contribution in [0.3, 0.4) is 0 Å². The Hall–Kier alpha value is 0.360. The monoisotopic (exact) mass is 252 g/mol. The molecule has 0 atom stereocenters. The van der Waals surface area contributed by atoms with Crippen molar-refractivity contribution in [2.45, 2.75) is 0 Å². The van der Waals surface area contributed by atoms with Crippen molar-refractivity contribution >= 4 is 30.4 Å². The van der Waals surface area contributed by atoms with Crippen LogP contribution < -0.4 is 0 Å². The van der Waals surface area contributed by atoms with Crippen LogP contribution in [0.1, 0.15) is 0 Å². The zero-order valence-corrected chi connectivity index (χ0v) is 6.34. The van der Waals surface area contributed by atoms with Crippen molar-refractivity contribution in [2.75, 3.05) is 0 Å². The molecule has 0 saturated heterocycles. The van der Waals surface area contributed by atoms with E-state index in [4.69, 9.17) is 5.53 Å². The molecule has 0 spiro atoms. The van der Waals surface area contributed by atoms with Crippen LogP contribution in [0.4, 0.5) is 0 Å². The maximum Gasteiger partial charge on any atom is 0.108 e. The topological polar surface area (TPSA) is 73.1 Å². The molecule has 6 nitrogen and oxygen atoms in total. The van der Waals surface area contributed by atoms with Crippen molar-refractivity contribution in [3.63, 3.8) is 0 Å². The summed E-state index contributed by atoms with van der Waals surface area (Å²) in [4.78, 5) is 3.56. The normalized spacial score (nSPS) is 8.62. The zero-order chi connectivity index (χ0) is 6.24. The summed E-state index contributed by atoms with van der Waals surface area (Å²) in [6, 6.07) is 0. The lowest BCUT2D eigenvalue weighted by molar-refractivity contribution is -0.608. The molecular weight excluding hydrogens is 251 g/mol. The molecule has 0 rings (SSSR count). The van der Waals surface area contributed by atoms with Crippen LogP contribution in [0.15, 0.2) is 5.28 Å². The highest BCUT2D eigenvalue weighted by Crippen LogP contribution is 2.12. The highest BCUT2D eigenvalue weighted by atomic mass is 127. The zero-order valence-electron chi connectivity index (χ0n) is 3.37. The van der Waals surface area contributed by atoms with E-state index in [9.17, 15) is 0 Å². The average molecular weight is 252 g/mol. The molecule has 0 fully saturated rings. The number of hydrogen-bond donors (Lipinski definition) is 1. The second-order valence-electron chi connectivity index (χ2n) is 0.433. The number of rotatable bonds is 5. The lowest BCUT2D eigenvalue weighted by atomic mass is 13.1. The summed E-state index contributed by atoms with van der Waals surface area (Å²) in [6.45, 7) is 0. The fourth-order valence-electron chi connectivity index (χ4n) is 0.0495. The number of halogens is 1. The van der Waals surface area contributed by atoms with Gasteiger partial charge in [0.2, 0.25) is 0 Å². The molecule has 0 radical (unpaired) electrons. The summed E-state index contributed by atoms with van der Waals surface area (Å²) in [5, 5.41) is 9.68. The van der Waals surface area contributed by atoms with Gasteiger partial charge in [-0.3, -0.25) is 0 Å². The molecule has 0 aromatic rings. The third-order valence-corrected chi connectivity index (χ3v) is 0.696. The van der Waals surface area contributed by atoms with Gasteiger partial charge in [0.1, 0.15) is 9.21 Å². The first-order valence-electron chi connectivity index (χ1n) is 1.23. The standard InChI is InChI=1S/HIN2O4S/c1-8-7-6-5-4-3-2/h2H. The molecule has 0 aromatic heterocycles. The predicted molar refractivity (Wildman–Crippen MR) is 31.1 cm³/mol. The second kappa shape index (κ2) is 7.36. The Kier molecular flexibility index (Phi) is 7.69. The van der Waals surface area contributed by atoms with Crippen molar-refractivity contribution in [3.8, 4) is 0 Å². The minimum Gasteiger partial charge on any atom is -0.166 e. The lowest BCUT2D eigenvalue weighted by Gasteiger charge is -1.89. The van der Waals surface area contributed by atoms with E-state index in [2.05, 4.69) is 24.7 Å². The summed E-state index contributed by atoms with van der Waals surface area (Å²) >= 11 is 1.80. The molecule has 8 heteroatoms. The van der Waals surface area contributed by atoms with Crippen molar-refractivity contribution in [3.05, 3.63) is 0 Å². The van der Waals surface area contributed by atoms with Crippen LogP contribution >= 0.6 is 30.4 Å². The first-order chi connectivity index (χ1) is 3.91. The third kappa shape index (κ3) is 6.36. The van der Waals surface area contributed by atoms with E-state index < -0.39 is 0 Å². The van der Waals surface area contributed by atoms with E-state index in [0.29, 0.717) is 0 Å². The summed E-state index contributed by atoms with van der Waals surface area (Å²) in [5.41, 5.74) is 5.97. The molecule has 0 amide bonds. The van der Waals surface area contributed by atoms with Crippen molar-refractivity contribution in [1.29, 1.82) is 5.53 Å². The molecule has 0 aliphatic carbocycles. The van der Waals surface area contributed by atoms with Gasteiger partial charge < -0.3 is 0 Å². The molecule has 0 aromatic carbocycles. The second-order valence-corrected chi connectivity index (χ2v) is 1.77. The Morgan fingerprint density at radius 2 is 2.25 bits per heavy atom. The number of hydrogen-bond acceptors (Lipinski definition) is 7. The molecule has 0 heterocycles. The molecular formula is HIN2O4S. The van der Waals surface area contributed by atoms with Crippen LogP contribution in [0, 0.1) is 5.53 Å². The quantitative estimate of drug-likeness (QED) is 0.201. The van der Waals surface area contributed by atoms with Crippen molar-refractivity contribution in [2.24, 2.45) is 5.28 Å². The highest BCUT2D eigenvalue weighted by molar-refractivity contribution is 14.2. The Morgan fingerprint density at radius 1 is 1.50 bits per heavy atom. The summed E-state index contributed by atoms with van der Waals surface area (Å²) < 4.78 is 4.05. The van der Waals surface area contributed by atoms with Crippen LogP contribution in [0.5, 0.6) is 0 Å². The molecule has 0 bridgehead atoms. The van der Waals surface area contributed by atoms with Crippen LogP contribution in [-0.4, -0.2) is 0 Å². The van der Waals surface area contributed by atoms with Crippen molar-refractivity contribution < 1.29 is 19.4 Å². The largest absolute Gasteiger partial charge is 0.166 e. The minimum atomic E-state index is 0.892. The fraction of sp³-hybridized carbons (Fsp3) is 0. The average Bonchev–Trinajstić information content (AvgIpc) is 1.81. The van der Waals surface area contributed by atoms with E-state index in [1.54, 1.807) is 21.2 Å². The molecule has 0 unspecified atom stereocenters. The summed E-state index contributed by atoms with van der Waals surface area (Å²) in [6.07, 6.45) is 0. The van der Waals surface area contributed by atoms with E-state index >= 15 is 0 Å². The minimum absolute atomic E-state index is 0.892. The van der Waals surface area contributed by atoms with Gasteiger partial charge in [0, 0.05) is 26.2 Å². The van der Waals surface area contributed by atoms with Gasteiger partial charge in [-0.05, 0) is 5.04 Å².